The fourth-order valence-electron chi connectivity index (χ4n) is 3.84. The third kappa shape index (κ3) is 4.21. The Labute approximate surface area is 146 Å². The molecule has 2 aliphatic heterocycles. The maximum atomic E-state index is 12.7. The van der Waals surface area contributed by atoms with E-state index in [1.54, 1.807) is 0 Å². The number of aliphatic imine (C=N–C) groups is 1. The molecule has 1 atom stereocenters. The van der Waals surface area contributed by atoms with Crippen molar-refractivity contribution < 1.29 is 9.53 Å². The second kappa shape index (κ2) is 7.30. The molecule has 0 saturated carbocycles. The van der Waals surface area contributed by atoms with Gasteiger partial charge < -0.3 is 19.9 Å². The fraction of sp³-hybridized carbons (Fsp3) is 0.889. The number of carbonyl (C=O) groups excluding carboxylic acids is 1. The van der Waals surface area contributed by atoms with E-state index in [2.05, 4.69) is 51.8 Å². The van der Waals surface area contributed by atoms with Crippen LogP contribution in [0.25, 0.3) is 0 Å². The molecule has 2 fully saturated rings. The van der Waals surface area contributed by atoms with Gasteiger partial charge in [-0.05, 0) is 41.0 Å². The van der Waals surface area contributed by atoms with Crippen LogP contribution in [-0.2, 0) is 9.53 Å². The summed E-state index contributed by atoms with van der Waals surface area (Å²) in [6.45, 7) is 17.0. The van der Waals surface area contributed by atoms with Crippen molar-refractivity contribution in [1.82, 2.24) is 15.1 Å². The van der Waals surface area contributed by atoms with Crippen LogP contribution in [0.4, 0.5) is 0 Å². The van der Waals surface area contributed by atoms with Gasteiger partial charge in [-0.2, -0.15) is 0 Å². The fourth-order valence-corrected chi connectivity index (χ4v) is 3.84. The van der Waals surface area contributed by atoms with E-state index in [1.165, 1.54) is 0 Å². The molecule has 6 nitrogen and oxygen atoms in total. The summed E-state index contributed by atoms with van der Waals surface area (Å²) in [4.78, 5) is 21.6. The van der Waals surface area contributed by atoms with Crippen molar-refractivity contribution in [2.24, 2.45) is 10.4 Å². The number of carbonyl (C=O) groups is 1. The first-order valence-corrected chi connectivity index (χ1v) is 9.12. The molecule has 24 heavy (non-hydrogen) atoms. The molecule has 2 saturated heterocycles. The summed E-state index contributed by atoms with van der Waals surface area (Å²) >= 11 is 0. The van der Waals surface area contributed by atoms with Crippen LogP contribution in [0.15, 0.2) is 4.99 Å². The lowest BCUT2D eigenvalue weighted by molar-refractivity contribution is -0.145. The molecule has 0 aromatic rings. The highest BCUT2D eigenvalue weighted by molar-refractivity contribution is 5.88. The first-order chi connectivity index (χ1) is 11.2. The van der Waals surface area contributed by atoms with E-state index < -0.39 is 0 Å². The molecule has 1 amide bonds. The van der Waals surface area contributed by atoms with Crippen molar-refractivity contribution in [3.8, 4) is 0 Å². The summed E-state index contributed by atoms with van der Waals surface area (Å²) in [6, 6.07) is 0.212. The van der Waals surface area contributed by atoms with Crippen molar-refractivity contribution in [3.63, 3.8) is 0 Å². The minimum absolute atomic E-state index is 0.111. The average Bonchev–Trinajstić information content (AvgIpc) is 2.88. The summed E-state index contributed by atoms with van der Waals surface area (Å²) in [5.41, 5.74) is -0.0972. The van der Waals surface area contributed by atoms with Crippen LogP contribution < -0.4 is 5.32 Å². The zero-order valence-corrected chi connectivity index (χ0v) is 16.2. The standard InChI is InChI=1S/C18H34N4O2/c1-7-19-16(20-11-18(6)8-9-24-13-18)21-10-15(23)22(14(2)3)17(4,5)12-21/h14H,7-13H2,1-6H3,(H,19,20). The molecule has 0 aromatic heterocycles. The third-order valence-electron chi connectivity index (χ3n) is 4.89. The van der Waals surface area contributed by atoms with E-state index in [9.17, 15) is 4.79 Å². The third-order valence-corrected chi connectivity index (χ3v) is 4.89. The van der Waals surface area contributed by atoms with Gasteiger partial charge in [-0.3, -0.25) is 9.79 Å². The lowest BCUT2D eigenvalue weighted by Gasteiger charge is -2.49. The normalized spacial score (nSPS) is 28.0. The van der Waals surface area contributed by atoms with Crippen molar-refractivity contribution in [2.75, 3.05) is 39.4 Å². The minimum atomic E-state index is -0.208. The molecule has 0 aromatic carbocycles. The number of rotatable bonds is 4. The number of amides is 1. The highest BCUT2D eigenvalue weighted by Crippen LogP contribution is 2.28. The molecule has 0 spiro atoms. The maximum Gasteiger partial charge on any atom is 0.242 e. The van der Waals surface area contributed by atoms with E-state index in [0.717, 1.165) is 45.2 Å². The van der Waals surface area contributed by atoms with Gasteiger partial charge in [0.1, 0.15) is 0 Å². The highest BCUT2D eigenvalue weighted by atomic mass is 16.5. The average molecular weight is 338 g/mol. The smallest absolute Gasteiger partial charge is 0.242 e. The van der Waals surface area contributed by atoms with Crippen LogP contribution in [-0.4, -0.2) is 72.6 Å². The minimum Gasteiger partial charge on any atom is -0.381 e. The Morgan fingerprint density at radius 3 is 2.58 bits per heavy atom. The predicted octanol–water partition coefficient (Wildman–Crippen LogP) is 1.71. The van der Waals surface area contributed by atoms with Crippen LogP contribution in [0.3, 0.4) is 0 Å². The van der Waals surface area contributed by atoms with Crippen LogP contribution in [0.1, 0.15) is 48.0 Å². The quantitative estimate of drug-likeness (QED) is 0.626. The van der Waals surface area contributed by atoms with E-state index in [1.807, 2.05) is 4.90 Å². The molecule has 1 unspecified atom stereocenters. The summed E-state index contributed by atoms with van der Waals surface area (Å²) in [5, 5.41) is 3.36. The van der Waals surface area contributed by atoms with Gasteiger partial charge in [0.2, 0.25) is 5.91 Å². The Balaban J connectivity index is 2.14. The summed E-state index contributed by atoms with van der Waals surface area (Å²) in [7, 11) is 0. The molecule has 0 bridgehead atoms. The van der Waals surface area contributed by atoms with E-state index in [4.69, 9.17) is 9.73 Å². The first-order valence-electron chi connectivity index (χ1n) is 9.12. The molecule has 2 rings (SSSR count). The van der Waals surface area contributed by atoms with Crippen molar-refractivity contribution in [1.29, 1.82) is 0 Å². The lowest BCUT2D eigenvalue weighted by Crippen LogP contribution is -2.66. The molecule has 6 heteroatoms. The Morgan fingerprint density at radius 1 is 1.38 bits per heavy atom. The monoisotopic (exact) mass is 338 g/mol. The number of nitrogens with zero attached hydrogens (tertiary/aromatic N) is 3. The van der Waals surface area contributed by atoms with Gasteiger partial charge in [0.15, 0.2) is 5.96 Å². The van der Waals surface area contributed by atoms with Crippen molar-refractivity contribution in [2.45, 2.75) is 59.5 Å². The molecule has 138 valence electrons. The van der Waals surface area contributed by atoms with Gasteiger partial charge in [-0.1, -0.05) is 6.92 Å². The van der Waals surface area contributed by atoms with Gasteiger partial charge in [0, 0.05) is 31.2 Å². The van der Waals surface area contributed by atoms with E-state index in [0.29, 0.717) is 6.54 Å². The molecular formula is C18H34N4O2. The molecule has 2 heterocycles. The van der Waals surface area contributed by atoms with Crippen LogP contribution >= 0.6 is 0 Å². The Kier molecular flexibility index (Phi) is 5.78. The van der Waals surface area contributed by atoms with Crippen LogP contribution in [0.5, 0.6) is 0 Å². The number of nitrogens with one attached hydrogen (secondary N) is 1. The molecular weight excluding hydrogens is 304 g/mol. The topological polar surface area (TPSA) is 57.2 Å². The number of ether oxygens (including phenoxy) is 1. The number of hydrogen-bond acceptors (Lipinski definition) is 3. The number of piperazine rings is 1. The Hall–Kier alpha value is -1.30. The van der Waals surface area contributed by atoms with Crippen LogP contribution in [0.2, 0.25) is 0 Å². The number of guanidine groups is 1. The SMILES string of the molecule is CCNC(=NCC1(C)CCOC1)N1CC(=O)N(C(C)C)C(C)(C)C1. The van der Waals surface area contributed by atoms with Gasteiger partial charge in [-0.15, -0.1) is 0 Å². The molecule has 0 radical (unpaired) electrons. The number of hydrogen-bond donors (Lipinski definition) is 1. The van der Waals surface area contributed by atoms with Gasteiger partial charge >= 0.3 is 0 Å². The zero-order valence-electron chi connectivity index (χ0n) is 16.2. The Bertz CT molecular complexity index is 481. The summed E-state index contributed by atoms with van der Waals surface area (Å²) in [5.74, 6) is 1.01. The van der Waals surface area contributed by atoms with Gasteiger partial charge in [-0.25, -0.2) is 0 Å². The van der Waals surface area contributed by atoms with E-state index >= 15 is 0 Å². The van der Waals surface area contributed by atoms with Crippen LogP contribution in [0, 0.1) is 5.41 Å². The Morgan fingerprint density at radius 2 is 2.08 bits per heavy atom. The zero-order chi connectivity index (χ0) is 18.0. The van der Waals surface area contributed by atoms with Crippen molar-refractivity contribution >= 4 is 11.9 Å². The second-order valence-corrected chi connectivity index (χ2v) is 8.31. The largest absolute Gasteiger partial charge is 0.381 e. The first kappa shape index (κ1) is 19.0. The van der Waals surface area contributed by atoms with E-state index in [-0.39, 0.29) is 22.9 Å². The molecule has 0 aliphatic carbocycles. The molecule has 1 N–H and O–H groups in total. The van der Waals surface area contributed by atoms with Crippen molar-refractivity contribution in [3.05, 3.63) is 0 Å². The lowest BCUT2D eigenvalue weighted by atomic mass is 9.90. The predicted molar refractivity (Wildman–Crippen MR) is 97.2 cm³/mol. The summed E-state index contributed by atoms with van der Waals surface area (Å²) in [6.07, 6.45) is 1.04. The maximum absolute atomic E-state index is 12.7. The van der Waals surface area contributed by atoms with Gasteiger partial charge in [0.25, 0.3) is 0 Å². The summed E-state index contributed by atoms with van der Waals surface area (Å²) < 4.78 is 5.52. The second-order valence-electron chi connectivity index (χ2n) is 8.31. The highest BCUT2D eigenvalue weighted by Gasteiger charge is 2.41. The molecule has 2 aliphatic rings. The van der Waals surface area contributed by atoms with Gasteiger partial charge in [0.05, 0.1) is 25.2 Å².